The molecule has 0 aliphatic carbocycles. The fourth-order valence-electron chi connectivity index (χ4n) is 1.97. The number of ether oxygens (including phenoxy) is 1. The summed E-state index contributed by atoms with van der Waals surface area (Å²) < 4.78 is 5.22. The topological polar surface area (TPSA) is 62.7 Å². The van der Waals surface area contributed by atoms with Crippen LogP contribution in [0.2, 0.25) is 0 Å². The summed E-state index contributed by atoms with van der Waals surface area (Å²) in [6.45, 7) is 1.94. The Bertz CT molecular complexity index is 724. The molecule has 0 spiro atoms. The molecule has 0 aliphatic heterocycles. The Morgan fingerprint density at radius 1 is 1.12 bits per heavy atom. The molecule has 24 heavy (non-hydrogen) atoms. The second-order valence-corrected chi connectivity index (χ2v) is 5.09. The fraction of sp³-hybridized carbons (Fsp3) is 0.158. The third-order valence-corrected chi connectivity index (χ3v) is 3.22. The highest BCUT2D eigenvalue weighted by atomic mass is 16.5. The molecule has 0 radical (unpaired) electrons. The van der Waals surface area contributed by atoms with Gasteiger partial charge in [-0.05, 0) is 30.7 Å². The minimum absolute atomic E-state index is 0.111. The predicted molar refractivity (Wildman–Crippen MR) is 98.2 cm³/mol. The Kier molecular flexibility index (Phi) is 6.58. The number of para-hydroxylation sites is 2. The van der Waals surface area contributed by atoms with Gasteiger partial charge in [-0.15, -0.1) is 0 Å². The average Bonchev–Trinajstić information content (AvgIpc) is 2.64. The van der Waals surface area contributed by atoms with Gasteiger partial charge in [-0.2, -0.15) is 5.10 Å². The molecule has 0 bridgehead atoms. The summed E-state index contributed by atoms with van der Waals surface area (Å²) in [5.41, 5.74) is 5.08. The number of hydrogen-bond acceptors (Lipinski definition) is 4. The van der Waals surface area contributed by atoms with E-state index < -0.39 is 0 Å². The van der Waals surface area contributed by atoms with Crippen molar-refractivity contribution in [1.82, 2.24) is 5.43 Å². The monoisotopic (exact) mass is 323 g/mol. The van der Waals surface area contributed by atoms with E-state index in [9.17, 15) is 4.79 Å². The number of rotatable bonds is 7. The zero-order chi connectivity index (χ0) is 17.2. The normalized spacial score (nSPS) is 11.3. The molecule has 0 saturated heterocycles. The predicted octanol–water partition coefficient (Wildman–Crippen LogP) is 3.31. The van der Waals surface area contributed by atoms with Crippen LogP contribution in [0.1, 0.15) is 12.5 Å². The molecule has 2 aromatic carbocycles. The highest BCUT2D eigenvalue weighted by molar-refractivity contribution is 5.97. The first-order valence-corrected chi connectivity index (χ1v) is 7.62. The molecule has 0 fully saturated rings. The summed E-state index contributed by atoms with van der Waals surface area (Å²) in [5, 5.41) is 7.07. The van der Waals surface area contributed by atoms with Crippen LogP contribution < -0.4 is 15.5 Å². The summed E-state index contributed by atoms with van der Waals surface area (Å²) in [7, 11) is 1.59. The lowest BCUT2D eigenvalue weighted by molar-refractivity contribution is -0.119. The largest absolute Gasteiger partial charge is 0.495 e. The number of carbonyl (C=O) groups excluding carboxylic acids is 1. The number of carbonyl (C=O) groups is 1. The van der Waals surface area contributed by atoms with E-state index in [1.165, 1.54) is 0 Å². The molecular weight excluding hydrogens is 302 g/mol. The maximum atomic E-state index is 11.8. The van der Waals surface area contributed by atoms with Crippen molar-refractivity contribution in [2.45, 2.75) is 6.92 Å². The van der Waals surface area contributed by atoms with Gasteiger partial charge in [0.05, 0.1) is 25.1 Å². The molecule has 1 amide bonds. The first-order chi connectivity index (χ1) is 11.7. The molecule has 0 aliphatic rings. The van der Waals surface area contributed by atoms with Crippen molar-refractivity contribution < 1.29 is 9.53 Å². The molecule has 2 N–H and O–H groups in total. The van der Waals surface area contributed by atoms with Crippen LogP contribution in [-0.2, 0) is 4.79 Å². The van der Waals surface area contributed by atoms with Crippen molar-refractivity contribution in [3.8, 4) is 5.75 Å². The van der Waals surface area contributed by atoms with E-state index >= 15 is 0 Å². The van der Waals surface area contributed by atoms with Gasteiger partial charge in [-0.1, -0.05) is 48.5 Å². The summed E-state index contributed by atoms with van der Waals surface area (Å²) in [6.07, 6.45) is 3.79. The lowest BCUT2D eigenvalue weighted by atomic mass is 10.2. The third kappa shape index (κ3) is 5.61. The van der Waals surface area contributed by atoms with Crippen LogP contribution in [0.3, 0.4) is 0 Å². The second kappa shape index (κ2) is 9.15. The van der Waals surface area contributed by atoms with Crippen LogP contribution in [0.5, 0.6) is 5.75 Å². The summed E-state index contributed by atoms with van der Waals surface area (Å²) in [4.78, 5) is 11.8. The quantitative estimate of drug-likeness (QED) is 0.607. The lowest BCUT2D eigenvalue weighted by Crippen LogP contribution is -2.26. The molecule has 2 rings (SSSR count). The number of benzene rings is 2. The van der Waals surface area contributed by atoms with E-state index in [4.69, 9.17) is 4.74 Å². The average molecular weight is 323 g/mol. The van der Waals surface area contributed by atoms with E-state index in [0.717, 1.165) is 11.3 Å². The highest BCUT2D eigenvalue weighted by Crippen LogP contribution is 2.22. The van der Waals surface area contributed by atoms with E-state index in [-0.39, 0.29) is 12.5 Å². The molecule has 2 aromatic rings. The van der Waals surface area contributed by atoms with Crippen LogP contribution in [0.4, 0.5) is 5.69 Å². The van der Waals surface area contributed by atoms with Crippen LogP contribution in [-0.4, -0.2) is 25.3 Å². The first-order valence-electron chi connectivity index (χ1n) is 7.62. The van der Waals surface area contributed by atoms with Crippen molar-refractivity contribution in [1.29, 1.82) is 0 Å². The Hall–Kier alpha value is -3.08. The van der Waals surface area contributed by atoms with Crippen molar-refractivity contribution in [2.24, 2.45) is 5.10 Å². The maximum absolute atomic E-state index is 11.8. The summed E-state index contributed by atoms with van der Waals surface area (Å²) in [5.74, 6) is 0.462. The molecule has 5 heteroatoms. The SMILES string of the molecule is COc1ccccc1NCC(=O)N/N=C(C)\C=C\c1ccccc1. The zero-order valence-electron chi connectivity index (χ0n) is 13.8. The van der Waals surface area contributed by atoms with Crippen LogP contribution in [0, 0.1) is 0 Å². The van der Waals surface area contributed by atoms with Crippen LogP contribution in [0.15, 0.2) is 65.8 Å². The molecule has 0 aromatic heterocycles. The van der Waals surface area contributed by atoms with Gasteiger partial charge < -0.3 is 10.1 Å². The first kappa shape index (κ1) is 17.3. The van der Waals surface area contributed by atoms with Gasteiger partial charge in [0, 0.05) is 0 Å². The number of hydrazone groups is 1. The molecule has 124 valence electrons. The van der Waals surface area contributed by atoms with E-state index in [1.807, 2.05) is 73.7 Å². The standard InChI is InChI=1S/C19H21N3O2/c1-15(12-13-16-8-4-3-5-9-16)21-22-19(23)14-20-17-10-6-7-11-18(17)24-2/h3-13,20H,14H2,1-2H3,(H,22,23)/b13-12+,21-15-. The van der Waals surface area contributed by atoms with Crippen molar-refractivity contribution in [3.05, 3.63) is 66.2 Å². The van der Waals surface area contributed by atoms with Gasteiger partial charge in [0.2, 0.25) is 0 Å². The van der Waals surface area contributed by atoms with Gasteiger partial charge in [0.25, 0.3) is 5.91 Å². The lowest BCUT2D eigenvalue weighted by Gasteiger charge is -2.09. The smallest absolute Gasteiger partial charge is 0.259 e. The zero-order valence-corrected chi connectivity index (χ0v) is 13.8. The van der Waals surface area contributed by atoms with Gasteiger partial charge in [0.1, 0.15) is 5.75 Å². The van der Waals surface area contributed by atoms with Gasteiger partial charge in [-0.3, -0.25) is 4.79 Å². The van der Waals surface area contributed by atoms with Crippen molar-refractivity contribution in [3.63, 3.8) is 0 Å². The van der Waals surface area contributed by atoms with Crippen LogP contribution >= 0.6 is 0 Å². The maximum Gasteiger partial charge on any atom is 0.259 e. The molecular formula is C19H21N3O2. The minimum atomic E-state index is -0.228. The number of methoxy groups -OCH3 is 1. The fourth-order valence-corrected chi connectivity index (χ4v) is 1.97. The van der Waals surface area contributed by atoms with E-state index in [2.05, 4.69) is 15.8 Å². The molecule has 0 saturated carbocycles. The molecule has 0 atom stereocenters. The van der Waals surface area contributed by atoms with Gasteiger partial charge in [0.15, 0.2) is 0 Å². The van der Waals surface area contributed by atoms with Gasteiger partial charge >= 0.3 is 0 Å². The third-order valence-electron chi connectivity index (χ3n) is 3.22. The number of nitrogens with one attached hydrogen (secondary N) is 2. The van der Waals surface area contributed by atoms with Crippen LogP contribution in [0.25, 0.3) is 6.08 Å². The Labute approximate surface area is 142 Å². The van der Waals surface area contributed by atoms with Crippen molar-refractivity contribution in [2.75, 3.05) is 19.0 Å². The number of nitrogens with zero attached hydrogens (tertiary/aromatic N) is 1. The molecule has 5 nitrogen and oxygen atoms in total. The Morgan fingerprint density at radius 2 is 1.83 bits per heavy atom. The summed E-state index contributed by atoms with van der Waals surface area (Å²) >= 11 is 0. The van der Waals surface area contributed by atoms with Gasteiger partial charge in [-0.25, -0.2) is 5.43 Å². The molecule has 0 heterocycles. The molecule has 0 unspecified atom stereocenters. The number of hydrogen-bond donors (Lipinski definition) is 2. The Morgan fingerprint density at radius 3 is 2.58 bits per heavy atom. The second-order valence-electron chi connectivity index (χ2n) is 5.09. The highest BCUT2D eigenvalue weighted by Gasteiger charge is 2.03. The number of anilines is 1. The minimum Gasteiger partial charge on any atom is -0.495 e. The van der Waals surface area contributed by atoms with E-state index in [1.54, 1.807) is 7.11 Å². The number of allylic oxidation sites excluding steroid dienone is 1. The van der Waals surface area contributed by atoms with E-state index in [0.29, 0.717) is 11.5 Å². The summed E-state index contributed by atoms with van der Waals surface area (Å²) in [6, 6.07) is 17.3. The number of amides is 1. The Balaban J connectivity index is 1.82. The van der Waals surface area contributed by atoms with Crippen molar-refractivity contribution >= 4 is 23.4 Å².